The van der Waals surface area contributed by atoms with Gasteiger partial charge in [-0.05, 0) is 84.8 Å². The van der Waals surface area contributed by atoms with Gasteiger partial charge in [-0.1, -0.05) is 84.7 Å². The van der Waals surface area contributed by atoms with Crippen molar-refractivity contribution in [3.8, 4) is 0 Å². The maximum Gasteiger partial charge on any atom is -0.00208 e. The Morgan fingerprint density at radius 3 is 1.07 bits per heavy atom. The molecule has 0 heteroatoms. The summed E-state index contributed by atoms with van der Waals surface area (Å²) in [6, 6.07) is 22.3. The van der Waals surface area contributed by atoms with Gasteiger partial charge >= 0.3 is 0 Å². The molecule has 142 valence electrons. The molecule has 3 aliphatic carbocycles. The lowest BCUT2D eigenvalue weighted by Crippen LogP contribution is -2.18. The fraction of sp³-hybridized carbons (Fsp3) is 0.357. The Morgan fingerprint density at radius 1 is 0.357 bits per heavy atom. The first kappa shape index (κ1) is 17.7. The summed E-state index contributed by atoms with van der Waals surface area (Å²) >= 11 is 0. The molecule has 0 aromatic heterocycles. The van der Waals surface area contributed by atoms with Crippen LogP contribution in [0.2, 0.25) is 0 Å². The van der Waals surface area contributed by atoms with E-state index in [9.17, 15) is 0 Å². The van der Waals surface area contributed by atoms with Crippen LogP contribution in [-0.2, 0) is 0 Å². The SMILES string of the molecule is c1ccc(C2=C(c3ccccc3)C(=C3CCCCC3)C2=C2CCCCC2)cc1. The molecule has 3 aliphatic rings. The van der Waals surface area contributed by atoms with Crippen LogP contribution in [0.5, 0.6) is 0 Å². The highest BCUT2D eigenvalue weighted by molar-refractivity contribution is 6.19. The lowest BCUT2D eigenvalue weighted by atomic mass is 9.65. The van der Waals surface area contributed by atoms with Gasteiger partial charge in [0.1, 0.15) is 0 Å². The van der Waals surface area contributed by atoms with Crippen LogP contribution in [0, 0.1) is 0 Å². The normalized spacial score (nSPS) is 20.4. The van der Waals surface area contributed by atoms with Gasteiger partial charge in [0.25, 0.3) is 0 Å². The van der Waals surface area contributed by atoms with Gasteiger partial charge in [0.05, 0.1) is 0 Å². The van der Waals surface area contributed by atoms with Crippen LogP contribution in [0.1, 0.15) is 75.3 Å². The van der Waals surface area contributed by atoms with Gasteiger partial charge in [-0.15, -0.1) is 0 Å². The van der Waals surface area contributed by atoms with E-state index in [4.69, 9.17) is 0 Å². The summed E-state index contributed by atoms with van der Waals surface area (Å²) in [6.45, 7) is 0. The molecule has 2 fully saturated rings. The van der Waals surface area contributed by atoms with E-state index >= 15 is 0 Å². The minimum Gasteiger partial charge on any atom is -0.0622 e. The van der Waals surface area contributed by atoms with Crippen molar-refractivity contribution in [2.45, 2.75) is 64.2 Å². The van der Waals surface area contributed by atoms with E-state index in [1.807, 2.05) is 0 Å². The largest absolute Gasteiger partial charge is 0.0622 e. The first-order chi connectivity index (χ1) is 13.9. The van der Waals surface area contributed by atoms with Crippen LogP contribution in [0.15, 0.2) is 83.0 Å². The zero-order chi connectivity index (χ0) is 18.8. The Morgan fingerprint density at radius 2 is 0.714 bits per heavy atom. The molecule has 0 radical (unpaired) electrons. The Hall–Kier alpha value is -2.34. The molecule has 0 unspecified atom stereocenters. The molecule has 0 bridgehead atoms. The van der Waals surface area contributed by atoms with Gasteiger partial charge in [0.15, 0.2) is 0 Å². The summed E-state index contributed by atoms with van der Waals surface area (Å²) in [5.74, 6) is 0. The molecule has 0 aliphatic heterocycles. The van der Waals surface area contributed by atoms with E-state index < -0.39 is 0 Å². The van der Waals surface area contributed by atoms with Crippen molar-refractivity contribution < 1.29 is 0 Å². The average Bonchev–Trinajstić information content (AvgIpc) is 2.76. The van der Waals surface area contributed by atoms with Crippen molar-refractivity contribution >= 4 is 11.1 Å². The van der Waals surface area contributed by atoms with Crippen LogP contribution in [0.4, 0.5) is 0 Å². The Kier molecular flexibility index (Phi) is 5.04. The van der Waals surface area contributed by atoms with Gasteiger partial charge in [0.2, 0.25) is 0 Å². The molecule has 2 aromatic rings. The number of hydrogen-bond donors (Lipinski definition) is 0. The molecule has 0 nitrogen and oxygen atoms in total. The highest BCUT2D eigenvalue weighted by Gasteiger charge is 2.36. The van der Waals surface area contributed by atoms with Crippen molar-refractivity contribution in [3.05, 3.63) is 94.1 Å². The fourth-order valence-electron chi connectivity index (χ4n) is 5.39. The van der Waals surface area contributed by atoms with Gasteiger partial charge < -0.3 is 0 Å². The molecule has 0 atom stereocenters. The second kappa shape index (κ2) is 7.95. The summed E-state index contributed by atoms with van der Waals surface area (Å²) < 4.78 is 0. The summed E-state index contributed by atoms with van der Waals surface area (Å²) in [5, 5.41) is 0. The number of benzene rings is 2. The van der Waals surface area contributed by atoms with E-state index in [2.05, 4.69) is 60.7 Å². The molecule has 0 saturated heterocycles. The third-order valence-electron chi connectivity index (χ3n) is 6.75. The Labute approximate surface area is 169 Å². The van der Waals surface area contributed by atoms with Gasteiger partial charge in [-0.2, -0.15) is 0 Å². The van der Waals surface area contributed by atoms with Crippen LogP contribution < -0.4 is 0 Å². The lowest BCUT2D eigenvalue weighted by Gasteiger charge is -2.38. The number of rotatable bonds is 2. The first-order valence-corrected chi connectivity index (χ1v) is 11.2. The molecule has 0 spiro atoms. The molecule has 0 amide bonds. The van der Waals surface area contributed by atoms with E-state index in [1.165, 1.54) is 86.5 Å². The molecule has 2 aromatic carbocycles. The smallest absolute Gasteiger partial charge is 0.00208 e. The van der Waals surface area contributed by atoms with Crippen LogP contribution in [-0.4, -0.2) is 0 Å². The minimum absolute atomic E-state index is 1.30. The fourth-order valence-corrected chi connectivity index (χ4v) is 5.39. The molecule has 5 rings (SSSR count). The maximum atomic E-state index is 2.31. The van der Waals surface area contributed by atoms with Crippen molar-refractivity contribution in [3.63, 3.8) is 0 Å². The summed E-state index contributed by atoms with van der Waals surface area (Å²) in [7, 11) is 0. The zero-order valence-corrected chi connectivity index (χ0v) is 16.8. The summed E-state index contributed by atoms with van der Waals surface area (Å²) in [6.07, 6.45) is 13.4. The molecule has 0 N–H and O–H groups in total. The summed E-state index contributed by atoms with van der Waals surface area (Å²) in [4.78, 5) is 0. The van der Waals surface area contributed by atoms with E-state index in [0.717, 1.165) is 0 Å². The van der Waals surface area contributed by atoms with Crippen molar-refractivity contribution in [1.29, 1.82) is 0 Å². The number of hydrogen-bond acceptors (Lipinski definition) is 0. The predicted octanol–water partition coefficient (Wildman–Crippen LogP) is 8.13. The molecular weight excluding hydrogens is 336 g/mol. The predicted molar refractivity (Wildman–Crippen MR) is 120 cm³/mol. The molecule has 2 saturated carbocycles. The molecule has 28 heavy (non-hydrogen) atoms. The molecule has 0 heterocycles. The third-order valence-corrected chi connectivity index (χ3v) is 6.75. The molecular formula is C28H30. The van der Waals surface area contributed by atoms with Gasteiger partial charge in [-0.25, -0.2) is 0 Å². The van der Waals surface area contributed by atoms with E-state index in [-0.39, 0.29) is 0 Å². The first-order valence-electron chi connectivity index (χ1n) is 11.2. The minimum atomic E-state index is 1.30. The quantitative estimate of drug-likeness (QED) is 0.503. The highest BCUT2D eigenvalue weighted by Crippen LogP contribution is 2.56. The van der Waals surface area contributed by atoms with E-state index in [0.29, 0.717) is 0 Å². The summed E-state index contributed by atoms with van der Waals surface area (Å²) in [5.41, 5.74) is 12.6. The van der Waals surface area contributed by atoms with Crippen molar-refractivity contribution in [2.24, 2.45) is 0 Å². The van der Waals surface area contributed by atoms with Crippen LogP contribution >= 0.6 is 0 Å². The third kappa shape index (κ3) is 3.20. The maximum absolute atomic E-state index is 2.31. The lowest BCUT2D eigenvalue weighted by molar-refractivity contribution is 0.588. The second-order valence-electron chi connectivity index (χ2n) is 8.56. The van der Waals surface area contributed by atoms with Crippen molar-refractivity contribution in [2.75, 3.05) is 0 Å². The van der Waals surface area contributed by atoms with Crippen molar-refractivity contribution in [1.82, 2.24) is 0 Å². The average molecular weight is 367 g/mol. The standard InChI is InChI=1S/C28H30/c1-5-13-21(14-6-1)25-26(22-15-7-2-8-16-22)28(24-19-11-4-12-20-24)27(25)23-17-9-3-10-18-23/h1-2,5-8,13-16H,3-4,9-12,17-20H2. The van der Waals surface area contributed by atoms with Crippen LogP contribution in [0.25, 0.3) is 11.1 Å². The zero-order valence-electron chi connectivity index (χ0n) is 16.8. The monoisotopic (exact) mass is 366 g/mol. The van der Waals surface area contributed by atoms with Gasteiger partial charge in [0, 0.05) is 0 Å². The van der Waals surface area contributed by atoms with E-state index in [1.54, 1.807) is 22.3 Å². The highest BCUT2D eigenvalue weighted by atomic mass is 14.4. The topological polar surface area (TPSA) is 0 Å². The second-order valence-corrected chi connectivity index (χ2v) is 8.56. The van der Waals surface area contributed by atoms with Crippen LogP contribution in [0.3, 0.4) is 0 Å². The number of allylic oxidation sites excluding steroid dienone is 6. The Bertz CT molecular complexity index is 843. The van der Waals surface area contributed by atoms with Gasteiger partial charge in [-0.3, -0.25) is 0 Å². The Balaban J connectivity index is 1.77.